The molecule has 0 unspecified atom stereocenters. The van der Waals surface area contributed by atoms with E-state index in [4.69, 9.17) is 16.3 Å². The van der Waals surface area contributed by atoms with Gasteiger partial charge in [-0.2, -0.15) is 5.26 Å². The van der Waals surface area contributed by atoms with Gasteiger partial charge in [-0.3, -0.25) is 9.59 Å². The zero-order valence-electron chi connectivity index (χ0n) is 15.7. The van der Waals surface area contributed by atoms with Gasteiger partial charge in [0.15, 0.2) is 5.78 Å². The minimum absolute atomic E-state index is 0.00946. The second-order valence-corrected chi connectivity index (χ2v) is 7.83. The van der Waals surface area contributed by atoms with Gasteiger partial charge >= 0.3 is 0 Å². The number of fused-ring (bicyclic) bond motifs is 1. The molecule has 0 saturated carbocycles. The highest BCUT2D eigenvalue weighted by atomic mass is 35.5. The van der Waals surface area contributed by atoms with Gasteiger partial charge in [-0.15, -0.1) is 0 Å². The Morgan fingerprint density at radius 2 is 1.90 bits per heavy atom. The van der Waals surface area contributed by atoms with Crippen molar-refractivity contribution in [2.24, 2.45) is 0 Å². The lowest BCUT2D eigenvalue weighted by atomic mass is 9.82. The number of ketones is 1. The molecule has 6 heteroatoms. The average Bonchev–Trinajstić information content (AvgIpc) is 2.73. The number of ether oxygens (including phenoxy) is 1. The lowest BCUT2D eigenvalue weighted by molar-refractivity contribution is -0.130. The number of halogens is 1. The van der Waals surface area contributed by atoms with E-state index in [1.165, 1.54) is 0 Å². The van der Waals surface area contributed by atoms with E-state index >= 15 is 0 Å². The molecule has 29 heavy (non-hydrogen) atoms. The zero-order chi connectivity index (χ0) is 20.4. The van der Waals surface area contributed by atoms with Crippen molar-refractivity contribution in [3.63, 3.8) is 0 Å². The first-order valence-corrected chi connectivity index (χ1v) is 9.85. The molecule has 0 N–H and O–H groups in total. The molecule has 2 heterocycles. The van der Waals surface area contributed by atoms with Crippen molar-refractivity contribution in [2.45, 2.75) is 24.9 Å². The fraction of sp³-hybridized carbons (Fsp3) is 0.261. The van der Waals surface area contributed by atoms with Gasteiger partial charge in [-0.25, -0.2) is 0 Å². The van der Waals surface area contributed by atoms with Gasteiger partial charge in [-0.1, -0.05) is 41.9 Å². The fourth-order valence-electron chi connectivity index (χ4n) is 3.89. The first-order chi connectivity index (χ1) is 14.0. The standard InChI is InChI=1S/C23H19ClN2O3/c24-18-6-7-21-19(13-18)20(27)14-23(29-21)8-10-26(11-9-23)22(28)17(15-25)12-16-4-2-1-3-5-16/h1-7,12-13H,8-11,14H2/b17-12+. The third kappa shape index (κ3) is 3.90. The number of Topliss-reactive ketones (excluding diaryl/α,β-unsaturated/α-hetero) is 1. The first-order valence-electron chi connectivity index (χ1n) is 9.48. The van der Waals surface area contributed by atoms with E-state index < -0.39 is 5.60 Å². The molecule has 2 aromatic carbocycles. The molecule has 0 atom stereocenters. The van der Waals surface area contributed by atoms with E-state index in [1.807, 2.05) is 36.4 Å². The number of piperidine rings is 1. The van der Waals surface area contributed by atoms with E-state index in [-0.39, 0.29) is 23.7 Å². The van der Waals surface area contributed by atoms with Crippen molar-refractivity contribution in [1.82, 2.24) is 4.90 Å². The molecule has 0 radical (unpaired) electrons. The van der Waals surface area contributed by atoms with E-state index in [0.29, 0.717) is 42.3 Å². The Hall–Kier alpha value is -3.10. The smallest absolute Gasteiger partial charge is 0.264 e. The van der Waals surface area contributed by atoms with Crippen molar-refractivity contribution in [3.05, 3.63) is 70.3 Å². The van der Waals surface area contributed by atoms with Gasteiger partial charge in [0.1, 0.15) is 23.0 Å². The summed E-state index contributed by atoms with van der Waals surface area (Å²) in [7, 11) is 0. The van der Waals surface area contributed by atoms with Gasteiger partial charge in [0.25, 0.3) is 5.91 Å². The minimum Gasteiger partial charge on any atom is -0.486 e. The molecule has 0 aromatic heterocycles. The van der Waals surface area contributed by atoms with E-state index in [2.05, 4.69) is 0 Å². The van der Waals surface area contributed by atoms with Crippen LogP contribution in [0.1, 0.15) is 35.2 Å². The summed E-state index contributed by atoms with van der Waals surface area (Å²) in [5.74, 6) is 0.267. The maximum Gasteiger partial charge on any atom is 0.264 e. The third-order valence-corrected chi connectivity index (χ3v) is 5.71. The maximum absolute atomic E-state index is 12.8. The maximum atomic E-state index is 12.8. The topological polar surface area (TPSA) is 70.4 Å². The van der Waals surface area contributed by atoms with Crippen molar-refractivity contribution in [1.29, 1.82) is 5.26 Å². The Balaban J connectivity index is 1.47. The summed E-state index contributed by atoms with van der Waals surface area (Å²) in [5, 5.41) is 9.96. The van der Waals surface area contributed by atoms with Crippen LogP contribution < -0.4 is 4.74 Å². The molecular formula is C23H19ClN2O3. The van der Waals surface area contributed by atoms with Crippen molar-refractivity contribution in [3.8, 4) is 11.8 Å². The molecule has 5 nitrogen and oxygen atoms in total. The molecule has 2 aliphatic heterocycles. The van der Waals surface area contributed by atoms with Crippen LogP contribution in [-0.4, -0.2) is 35.3 Å². The number of benzene rings is 2. The highest BCUT2D eigenvalue weighted by molar-refractivity contribution is 6.31. The molecule has 0 aliphatic carbocycles. The number of rotatable bonds is 2. The number of hydrogen-bond donors (Lipinski definition) is 0. The fourth-order valence-corrected chi connectivity index (χ4v) is 4.06. The largest absolute Gasteiger partial charge is 0.486 e. The molecule has 2 aromatic rings. The molecule has 1 spiro atoms. The molecule has 146 valence electrons. The Morgan fingerprint density at radius 3 is 2.59 bits per heavy atom. The van der Waals surface area contributed by atoms with Gasteiger partial charge in [-0.05, 0) is 29.8 Å². The second-order valence-electron chi connectivity index (χ2n) is 7.40. The average molecular weight is 407 g/mol. The SMILES string of the molecule is N#C/C(=C\c1ccccc1)C(=O)N1CCC2(CC1)CC(=O)c1cc(Cl)ccc1O2. The lowest BCUT2D eigenvalue weighted by Crippen LogP contribution is -2.52. The van der Waals surface area contributed by atoms with Crippen LogP contribution in [-0.2, 0) is 4.79 Å². The van der Waals surface area contributed by atoms with Crippen LogP contribution in [0.2, 0.25) is 5.02 Å². The highest BCUT2D eigenvalue weighted by Crippen LogP contribution is 2.40. The van der Waals surface area contributed by atoms with Crippen LogP contribution >= 0.6 is 11.6 Å². The summed E-state index contributed by atoms with van der Waals surface area (Å²) < 4.78 is 6.20. The van der Waals surface area contributed by atoms with E-state index in [1.54, 1.807) is 29.2 Å². The number of hydrogen-bond acceptors (Lipinski definition) is 4. The lowest BCUT2D eigenvalue weighted by Gasteiger charge is -2.43. The van der Waals surface area contributed by atoms with Gasteiger partial charge in [0.2, 0.25) is 0 Å². The molecule has 1 fully saturated rings. The van der Waals surface area contributed by atoms with Crippen LogP contribution in [0.4, 0.5) is 0 Å². The number of nitrogens with zero attached hydrogens (tertiary/aromatic N) is 2. The molecule has 4 rings (SSSR count). The van der Waals surface area contributed by atoms with Crippen molar-refractivity contribution >= 4 is 29.4 Å². The summed E-state index contributed by atoms with van der Waals surface area (Å²) in [6.45, 7) is 0.867. The summed E-state index contributed by atoms with van der Waals surface area (Å²) in [6, 6.07) is 16.4. The molecule has 1 saturated heterocycles. The highest BCUT2D eigenvalue weighted by Gasteiger charge is 2.44. The predicted molar refractivity (Wildman–Crippen MR) is 110 cm³/mol. The van der Waals surface area contributed by atoms with Crippen molar-refractivity contribution in [2.75, 3.05) is 13.1 Å². The number of amides is 1. The van der Waals surface area contributed by atoms with Crippen LogP contribution in [0.3, 0.4) is 0 Å². The zero-order valence-corrected chi connectivity index (χ0v) is 16.5. The second kappa shape index (κ2) is 7.73. The molecule has 2 aliphatic rings. The quantitative estimate of drug-likeness (QED) is 0.551. The number of carbonyl (C=O) groups is 2. The molecule has 0 bridgehead atoms. The monoisotopic (exact) mass is 406 g/mol. The third-order valence-electron chi connectivity index (χ3n) is 5.47. The van der Waals surface area contributed by atoms with E-state index in [9.17, 15) is 14.9 Å². The normalized spacial score (nSPS) is 18.0. The summed E-state index contributed by atoms with van der Waals surface area (Å²) in [4.78, 5) is 27.1. The van der Waals surface area contributed by atoms with Gasteiger partial charge in [0, 0.05) is 31.0 Å². The van der Waals surface area contributed by atoms with Gasteiger partial charge in [0.05, 0.1) is 12.0 Å². The minimum atomic E-state index is -0.607. The van der Waals surface area contributed by atoms with Crippen LogP contribution in [0, 0.1) is 11.3 Å². The summed E-state index contributed by atoms with van der Waals surface area (Å²) in [5.41, 5.74) is 0.819. The van der Waals surface area contributed by atoms with E-state index in [0.717, 1.165) is 5.56 Å². The Bertz CT molecular complexity index is 1030. The predicted octanol–water partition coefficient (Wildman–Crippen LogP) is 4.27. The Labute approximate surface area is 174 Å². The number of likely N-dealkylation sites (tertiary alicyclic amines) is 1. The first kappa shape index (κ1) is 19.2. The summed E-state index contributed by atoms with van der Waals surface area (Å²) in [6.07, 6.45) is 2.95. The van der Waals surface area contributed by atoms with Crippen molar-refractivity contribution < 1.29 is 14.3 Å². The van der Waals surface area contributed by atoms with Crippen LogP contribution in [0.15, 0.2) is 54.1 Å². The molecular weight excluding hydrogens is 388 g/mol. The van der Waals surface area contributed by atoms with Gasteiger partial charge < -0.3 is 9.64 Å². The summed E-state index contributed by atoms with van der Waals surface area (Å²) >= 11 is 5.99. The number of nitriles is 1. The number of carbonyl (C=O) groups excluding carboxylic acids is 2. The van der Waals surface area contributed by atoms with Crippen LogP contribution in [0.25, 0.3) is 6.08 Å². The Morgan fingerprint density at radius 1 is 1.17 bits per heavy atom. The van der Waals surface area contributed by atoms with Crippen LogP contribution in [0.5, 0.6) is 5.75 Å². The Kier molecular flexibility index (Phi) is 5.12. The molecule has 1 amide bonds.